The van der Waals surface area contributed by atoms with Crippen molar-refractivity contribution >= 4 is 0 Å². The van der Waals surface area contributed by atoms with E-state index < -0.39 is 0 Å². The number of hydrogen-bond acceptors (Lipinski definition) is 1. The van der Waals surface area contributed by atoms with Crippen molar-refractivity contribution < 1.29 is 0 Å². The van der Waals surface area contributed by atoms with E-state index in [1.807, 2.05) is 6.07 Å². The first-order chi connectivity index (χ1) is 14.8. The van der Waals surface area contributed by atoms with Crippen LogP contribution in [0.15, 0.2) is 66.7 Å². The molecule has 0 saturated carbocycles. The zero-order chi connectivity index (χ0) is 21.2. The molecule has 154 valence electrons. The van der Waals surface area contributed by atoms with Gasteiger partial charge in [-0.25, -0.2) is 0 Å². The summed E-state index contributed by atoms with van der Waals surface area (Å²) < 4.78 is 0. The Morgan fingerprint density at radius 3 is 2.07 bits per heavy atom. The summed E-state index contributed by atoms with van der Waals surface area (Å²) in [7, 11) is 0. The van der Waals surface area contributed by atoms with E-state index in [4.69, 9.17) is 0 Å². The van der Waals surface area contributed by atoms with Crippen LogP contribution in [0, 0.1) is 11.3 Å². The van der Waals surface area contributed by atoms with E-state index >= 15 is 0 Å². The molecule has 0 unspecified atom stereocenters. The molecule has 0 aliphatic heterocycles. The van der Waals surface area contributed by atoms with Gasteiger partial charge < -0.3 is 0 Å². The molecule has 0 atom stereocenters. The van der Waals surface area contributed by atoms with Gasteiger partial charge in [0.25, 0.3) is 0 Å². The normalized spacial score (nSPS) is 10.7. The van der Waals surface area contributed by atoms with Crippen LogP contribution >= 0.6 is 0 Å². The second kappa shape index (κ2) is 11.4. The monoisotopic (exact) mass is 395 g/mol. The lowest BCUT2D eigenvalue weighted by molar-refractivity contribution is 0.717. The van der Waals surface area contributed by atoms with Crippen LogP contribution < -0.4 is 0 Å². The van der Waals surface area contributed by atoms with E-state index in [2.05, 4.69) is 80.6 Å². The Morgan fingerprint density at radius 1 is 0.667 bits per heavy atom. The second-order valence-electron chi connectivity index (χ2n) is 8.14. The highest BCUT2D eigenvalue weighted by molar-refractivity contribution is 5.85. The van der Waals surface area contributed by atoms with E-state index in [0.717, 1.165) is 24.8 Å². The van der Waals surface area contributed by atoms with Crippen LogP contribution in [0.5, 0.6) is 0 Å². The maximum Gasteiger partial charge on any atom is 0.0991 e. The number of benzene rings is 3. The Bertz CT molecular complexity index is 979. The smallest absolute Gasteiger partial charge is 0.0991 e. The Labute approximate surface area is 182 Å². The van der Waals surface area contributed by atoms with Gasteiger partial charge in [0.2, 0.25) is 0 Å². The third-order valence-corrected chi connectivity index (χ3v) is 5.81. The predicted octanol–water partition coefficient (Wildman–Crippen LogP) is 8.36. The van der Waals surface area contributed by atoms with Gasteiger partial charge in [0.15, 0.2) is 0 Å². The largest absolute Gasteiger partial charge is 0.192 e. The summed E-state index contributed by atoms with van der Waals surface area (Å²) in [5.74, 6) is 0. The highest BCUT2D eigenvalue weighted by Crippen LogP contribution is 2.36. The van der Waals surface area contributed by atoms with E-state index in [1.165, 1.54) is 65.5 Å². The zero-order valence-corrected chi connectivity index (χ0v) is 18.5. The van der Waals surface area contributed by atoms with Crippen LogP contribution in [-0.2, 0) is 12.8 Å². The van der Waals surface area contributed by atoms with Gasteiger partial charge in [0.05, 0.1) is 11.6 Å². The number of nitrogens with zero attached hydrogens (tertiary/aromatic N) is 1. The van der Waals surface area contributed by atoms with Gasteiger partial charge in [-0.15, -0.1) is 0 Å². The van der Waals surface area contributed by atoms with Gasteiger partial charge in [-0.1, -0.05) is 94.1 Å². The van der Waals surface area contributed by atoms with Crippen molar-refractivity contribution in [1.82, 2.24) is 0 Å². The molecule has 3 aromatic carbocycles. The van der Waals surface area contributed by atoms with Gasteiger partial charge in [0.1, 0.15) is 0 Å². The minimum absolute atomic E-state index is 0.752. The lowest BCUT2D eigenvalue weighted by atomic mass is 9.87. The number of unbranched alkanes of at least 4 members (excludes halogenated alkanes) is 4. The van der Waals surface area contributed by atoms with Crippen LogP contribution in [0.4, 0.5) is 0 Å². The van der Waals surface area contributed by atoms with Crippen molar-refractivity contribution in [1.29, 1.82) is 5.26 Å². The number of aryl methyl sites for hydroxylation is 2. The molecule has 30 heavy (non-hydrogen) atoms. The average Bonchev–Trinajstić information content (AvgIpc) is 2.80. The molecule has 0 heterocycles. The molecule has 1 nitrogen and oxygen atoms in total. The molecule has 0 N–H and O–H groups in total. The standard InChI is InChI=1S/C29H33N/c1-3-5-8-12-23-16-19-28(29(21-23)25-13-10-7-11-14-25)27-18-17-24(22-30)20-26(27)15-9-6-4-2/h7,10-11,13-14,16-21H,3-6,8-9,12,15H2,1-2H3. The van der Waals surface area contributed by atoms with Crippen molar-refractivity contribution in [2.24, 2.45) is 0 Å². The average molecular weight is 396 g/mol. The van der Waals surface area contributed by atoms with Crippen LogP contribution in [0.25, 0.3) is 22.3 Å². The molecule has 3 rings (SSSR count). The fraction of sp³-hybridized carbons (Fsp3) is 0.345. The fourth-order valence-corrected chi connectivity index (χ4v) is 4.12. The molecule has 0 fully saturated rings. The molecule has 0 bridgehead atoms. The molecule has 0 radical (unpaired) electrons. The molecule has 0 amide bonds. The lowest BCUT2D eigenvalue weighted by Gasteiger charge is -2.16. The van der Waals surface area contributed by atoms with Crippen LogP contribution in [-0.4, -0.2) is 0 Å². The molecular formula is C29H33N. The number of rotatable bonds is 10. The van der Waals surface area contributed by atoms with E-state index in [-0.39, 0.29) is 0 Å². The minimum Gasteiger partial charge on any atom is -0.192 e. The summed E-state index contributed by atoms with van der Waals surface area (Å²) >= 11 is 0. The number of nitriles is 1. The summed E-state index contributed by atoms with van der Waals surface area (Å²) in [6.07, 6.45) is 9.50. The van der Waals surface area contributed by atoms with E-state index in [0.29, 0.717) is 0 Å². The van der Waals surface area contributed by atoms with Crippen molar-refractivity contribution in [3.05, 3.63) is 83.4 Å². The van der Waals surface area contributed by atoms with Gasteiger partial charge >= 0.3 is 0 Å². The molecular weight excluding hydrogens is 362 g/mol. The summed E-state index contributed by atoms with van der Waals surface area (Å²) in [6, 6.07) is 26.2. The quantitative estimate of drug-likeness (QED) is 0.316. The zero-order valence-electron chi connectivity index (χ0n) is 18.5. The maximum absolute atomic E-state index is 9.42. The first-order valence-electron chi connectivity index (χ1n) is 11.5. The molecule has 0 spiro atoms. The summed E-state index contributed by atoms with van der Waals surface area (Å²) in [5, 5.41) is 9.42. The van der Waals surface area contributed by atoms with Crippen LogP contribution in [0.3, 0.4) is 0 Å². The van der Waals surface area contributed by atoms with E-state index in [1.54, 1.807) is 0 Å². The molecule has 1 heteroatoms. The Kier molecular flexibility index (Phi) is 8.28. The third kappa shape index (κ3) is 5.61. The molecule has 0 aliphatic rings. The summed E-state index contributed by atoms with van der Waals surface area (Å²) in [5.41, 5.74) is 8.55. The molecule has 0 aromatic heterocycles. The van der Waals surface area contributed by atoms with Crippen LogP contribution in [0.2, 0.25) is 0 Å². The minimum atomic E-state index is 0.752. The second-order valence-corrected chi connectivity index (χ2v) is 8.14. The van der Waals surface area contributed by atoms with Crippen molar-refractivity contribution in [3.8, 4) is 28.3 Å². The topological polar surface area (TPSA) is 23.8 Å². The first kappa shape index (κ1) is 21.8. The van der Waals surface area contributed by atoms with Gasteiger partial charge in [-0.3, -0.25) is 0 Å². The van der Waals surface area contributed by atoms with Crippen molar-refractivity contribution in [3.63, 3.8) is 0 Å². The van der Waals surface area contributed by atoms with Crippen molar-refractivity contribution in [2.45, 2.75) is 65.2 Å². The molecule has 3 aromatic rings. The fourth-order valence-electron chi connectivity index (χ4n) is 4.12. The summed E-state index contributed by atoms with van der Waals surface area (Å²) in [4.78, 5) is 0. The van der Waals surface area contributed by atoms with E-state index in [9.17, 15) is 5.26 Å². The van der Waals surface area contributed by atoms with Gasteiger partial charge in [-0.05, 0) is 71.2 Å². The molecule has 0 aliphatic carbocycles. The van der Waals surface area contributed by atoms with Gasteiger partial charge in [0, 0.05) is 0 Å². The highest BCUT2D eigenvalue weighted by Gasteiger charge is 2.13. The van der Waals surface area contributed by atoms with Crippen LogP contribution in [0.1, 0.15) is 69.1 Å². The maximum atomic E-state index is 9.42. The van der Waals surface area contributed by atoms with Crippen molar-refractivity contribution in [2.75, 3.05) is 0 Å². The Hall–Kier alpha value is -2.85. The third-order valence-electron chi connectivity index (χ3n) is 5.81. The SMILES string of the molecule is CCCCCc1ccc(-c2ccc(C#N)cc2CCCCC)c(-c2ccccc2)c1. The number of hydrogen-bond donors (Lipinski definition) is 0. The predicted molar refractivity (Wildman–Crippen MR) is 128 cm³/mol. The van der Waals surface area contributed by atoms with Gasteiger partial charge in [-0.2, -0.15) is 5.26 Å². The Balaban J connectivity index is 2.07. The highest BCUT2D eigenvalue weighted by atomic mass is 14.2. The Morgan fingerprint density at radius 2 is 1.37 bits per heavy atom. The molecule has 0 saturated heterocycles. The summed E-state index contributed by atoms with van der Waals surface area (Å²) in [6.45, 7) is 4.49. The lowest BCUT2D eigenvalue weighted by Crippen LogP contribution is -1.96. The first-order valence-corrected chi connectivity index (χ1v) is 11.5.